The van der Waals surface area contributed by atoms with Crippen LogP contribution in [0.1, 0.15) is 38.2 Å². The first-order valence-corrected chi connectivity index (χ1v) is 7.80. The quantitative estimate of drug-likeness (QED) is 0.886. The Balaban J connectivity index is 2.07. The topological polar surface area (TPSA) is 75.3 Å². The molecule has 0 aromatic heterocycles. The van der Waals surface area contributed by atoms with E-state index in [1.807, 2.05) is 18.6 Å². The second-order valence-electron chi connectivity index (χ2n) is 5.08. The van der Waals surface area contributed by atoms with E-state index in [1.54, 1.807) is 12.1 Å². The Morgan fingerprint density at radius 1 is 1.21 bits per heavy atom. The van der Waals surface area contributed by atoms with Crippen LogP contribution in [0.4, 0.5) is 4.79 Å². The number of hydrogen-bond donors (Lipinski definition) is 2. The highest BCUT2D eigenvalue weighted by molar-refractivity contribution is 7.90. The maximum absolute atomic E-state index is 12.0. The summed E-state index contributed by atoms with van der Waals surface area (Å²) in [6.07, 6.45) is 1.83. The Kier molecular flexibility index (Phi) is 3.80. The molecular formula is C13H18N2O3S. The second-order valence-corrected chi connectivity index (χ2v) is 6.76. The van der Waals surface area contributed by atoms with E-state index in [9.17, 15) is 13.2 Å². The average molecular weight is 282 g/mol. The standard InChI is InChI=1S/C13H18N2O3S/c1-9(2)10-3-7-12(8-4-10)19(17,18)15-13(16)14-11-5-6-11/h3-4,7-9,11H,5-6H2,1-2H3,(H2,14,15,16). The lowest BCUT2D eigenvalue weighted by molar-refractivity contribution is 0.245. The lowest BCUT2D eigenvalue weighted by Gasteiger charge is -2.09. The number of nitrogens with one attached hydrogen (secondary N) is 2. The van der Waals surface area contributed by atoms with E-state index in [-0.39, 0.29) is 10.9 Å². The fourth-order valence-electron chi connectivity index (χ4n) is 1.66. The molecule has 0 aliphatic heterocycles. The predicted octanol–water partition coefficient (Wildman–Crippen LogP) is 1.96. The average Bonchev–Trinajstić information content (AvgIpc) is 3.12. The van der Waals surface area contributed by atoms with Crippen LogP contribution in [-0.2, 0) is 10.0 Å². The van der Waals surface area contributed by atoms with Gasteiger partial charge >= 0.3 is 6.03 Å². The Morgan fingerprint density at radius 3 is 2.26 bits per heavy atom. The third kappa shape index (κ3) is 3.70. The van der Waals surface area contributed by atoms with Crippen LogP contribution in [-0.4, -0.2) is 20.5 Å². The van der Waals surface area contributed by atoms with Crippen molar-refractivity contribution in [3.8, 4) is 0 Å². The number of hydrogen-bond acceptors (Lipinski definition) is 3. The highest BCUT2D eigenvalue weighted by Gasteiger charge is 2.25. The zero-order chi connectivity index (χ0) is 14.0. The van der Waals surface area contributed by atoms with E-state index in [1.165, 1.54) is 12.1 Å². The molecule has 0 spiro atoms. The van der Waals surface area contributed by atoms with E-state index in [0.717, 1.165) is 18.4 Å². The summed E-state index contributed by atoms with van der Waals surface area (Å²) in [5.41, 5.74) is 1.06. The van der Waals surface area contributed by atoms with Gasteiger partial charge in [0.15, 0.2) is 0 Å². The molecule has 1 saturated carbocycles. The van der Waals surface area contributed by atoms with Crippen LogP contribution in [0.3, 0.4) is 0 Å². The van der Waals surface area contributed by atoms with E-state index in [4.69, 9.17) is 0 Å². The van der Waals surface area contributed by atoms with Crippen LogP contribution in [0.2, 0.25) is 0 Å². The monoisotopic (exact) mass is 282 g/mol. The van der Waals surface area contributed by atoms with Crippen molar-refractivity contribution in [3.05, 3.63) is 29.8 Å². The van der Waals surface area contributed by atoms with E-state index in [2.05, 4.69) is 5.32 Å². The minimum absolute atomic E-state index is 0.0999. The third-order valence-corrected chi connectivity index (χ3v) is 4.34. The van der Waals surface area contributed by atoms with Crippen molar-refractivity contribution in [1.29, 1.82) is 0 Å². The molecule has 1 aliphatic carbocycles. The van der Waals surface area contributed by atoms with Gasteiger partial charge in [0.25, 0.3) is 10.0 Å². The molecule has 2 amide bonds. The minimum atomic E-state index is -3.78. The molecule has 0 atom stereocenters. The maximum atomic E-state index is 12.0. The summed E-state index contributed by atoms with van der Waals surface area (Å²) in [5.74, 6) is 0.336. The molecule has 1 aromatic carbocycles. The first-order valence-electron chi connectivity index (χ1n) is 6.32. The first kappa shape index (κ1) is 13.9. The van der Waals surface area contributed by atoms with Crippen molar-refractivity contribution >= 4 is 16.1 Å². The largest absolute Gasteiger partial charge is 0.335 e. The summed E-state index contributed by atoms with van der Waals surface area (Å²) in [7, 11) is -3.78. The smallest absolute Gasteiger partial charge is 0.328 e. The fourth-order valence-corrected chi connectivity index (χ4v) is 2.57. The number of sulfonamides is 1. The number of rotatable bonds is 4. The number of urea groups is 1. The zero-order valence-corrected chi connectivity index (χ0v) is 11.8. The molecule has 0 heterocycles. The molecule has 104 valence electrons. The predicted molar refractivity (Wildman–Crippen MR) is 72.4 cm³/mol. The van der Waals surface area contributed by atoms with Gasteiger partial charge in [-0.3, -0.25) is 0 Å². The third-order valence-electron chi connectivity index (χ3n) is 3.00. The van der Waals surface area contributed by atoms with Crippen molar-refractivity contribution in [3.63, 3.8) is 0 Å². The van der Waals surface area contributed by atoms with E-state index in [0.29, 0.717) is 5.92 Å². The summed E-state index contributed by atoms with van der Waals surface area (Å²) in [6.45, 7) is 4.07. The highest BCUT2D eigenvalue weighted by atomic mass is 32.2. The first-order chi connectivity index (χ1) is 8.88. The summed E-state index contributed by atoms with van der Waals surface area (Å²) in [4.78, 5) is 11.6. The van der Waals surface area contributed by atoms with Crippen LogP contribution in [0, 0.1) is 0 Å². The summed E-state index contributed by atoms with van der Waals surface area (Å²) < 4.78 is 25.9. The molecule has 19 heavy (non-hydrogen) atoms. The van der Waals surface area contributed by atoms with E-state index >= 15 is 0 Å². The summed E-state index contributed by atoms with van der Waals surface area (Å²) in [5, 5.41) is 2.58. The van der Waals surface area contributed by atoms with Crippen molar-refractivity contribution in [1.82, 2.24) is 10.0 Å². The van der Waals surface area contributed by atoms with Crippen molar-refractivity contribution in [2.45, 2.75) is 43.5 Å². The number of carbonyl (C=O) groups is 1. The van der Waals surface area contributed by atoms with Crippen LogP contribution in [0.5, 0.6) is 0 Å². The zero-order valence-electron chi connectivity index (χ0n) is 11.0. The van der Waals surface area contributed by atoms with Gasteiger partial charge in [0.2, 0.25) is 0 Å². The Bertz CT molecular complexity index is 560. The van der Waals surface area contributed by atoms with Gasteiger partial charge in [-0.25, -0.2) is 17.9 Å². The molecule has 1 fully saturated rings. The molecule has 0 radical (unpaired) electrons. The molecule has 5 nitrogen and oxygen atoms in total. The minimum Gasteiger partial charge on any atom is -0.335 e. The van der Waals surface area contributed by atoms with Crippen molar-refractivity contribution in [2.75, 3.05) is 0 Å². The molecule has 1 aromatic rings. The van der Waals surface area contributed by atoms with Gasteiger partial charge < -0.3 is 5.32 Å². The molecule has 0 saturated heterocycles. The molecule has 2 rings (SSSR count). The van der Waals surface area contributed by atoms with Gasteiger partial charge in [-0.2, -0.15) is 0 Å². The molecule has 1 aliphatic rings. The van der Waals surface area contributed by atoms with Gasteiger partial charge in [0, 0.05) is 6.04 Å². The van der Waals surface area contributed by atoms with Crippen LogP contribution >= 0.6 is 0 Å². The lowest BCUT2D eigenvalue weighted by atomic mass is 10.0. The fraction of sp³-hybridized carbons (Fsp3) is 0.462. The SMILES string of the molecule is CC(C)c1ccc(S(=O)(=O)NC(=O)NC2CC2)cc1. The lowest BCUT2D eigenvalue weighted by Crippen LogP contribution is -2.40. The van der Waals surface area contributed by atoms with Gasteiger partial charge in [-0.05, 0) is 36.5 Å². The molecule has 6 heteroatoms. The molecule has 0 bridgehead atoms. The number of carbonyl (C=O) groups excluding carboxylic acids is 1. The Morgan fingerprint density at radius 2 is 1.79 bits per heavy atom. The summed E-state index contributed by atoms with van der Waals surface area (Å²) in [6, 6.07) is 6.02. The van der Waals surface area contributed by atoms with Crippen molar-refractivity contribution < 1.29 is 13.2 Å². The second kappa shape index (κ2) is 5.21. The van der Waals surface area contributed by atoms with Crippen LogP contribution < -0.4 is 10.0 Å². The van der Waals surface area contributed by atoms with Gasteiger partial charge in [-0.1, -0.05) is 26.0 Å². The normalized spacial score (nSPS) is 15.3. The maximum Gasteiger partial charge on any atom is 0.328 e. The molecule has 0 unspecified atom stereocenters. The number of amides is 2. The van der Waals surface area contributed by atoms with E-state index < -0.39 is 16.1 Å². The highest BCUT2D eigenvalue weighted by Crippen LogP contribution is 2.19. The van der Waals surface area contributed by atoms with Gasteiger partial charge in [-0.15, -0.1) is 0 Å². The molecule has 2 N–H and O–H groups in total. The number of benzene rings is 1. The van der Waals surface area contributed by atoms with Crippen LogP contribution in [0.15, 0.2) is 29.2 Å². The summed E-state index contributed by atoms with van der Waals surface area (Å²) >= 11 is 0. The molecular weight excluding hydrogens is 264 g/mol. The van der Waals surface area contributed by atoms with Crippen LogP contribution in [0.25, 0.3) is 0 Å². The van der Waals surface area contributed by atoms with Gasteiger partial charge in [0.1, 0.15) is 0 Å². The Hall–Kier alpha value is -1.56. The van der Waals surface area contributed by atoms with Gasteiger partial charge in [0.05, 0.1) is 4.90 Å². The van der Waals surface area contributed by atoms with Crippen molar-refractivity contribution in [2.24, 2.45) is 0 Å². The Labute approximate surface area is 113 Å².